The maximum absolute atomic E-state index is 11.8. The van der Waals surface area contributed by atoms with Crippen LogP contribution < -0.4 is 9.44 Å². The maximum atomic E-state index is 11.8. The molecule has 0 spiro atoms. The van der Waals surface area contributed by atoms with Crippen molar-refractivity contribution >= 4 is 32.0 Å². The second kappa shape index (κ2) is 10.3. The summed E-state index contributed by atoms with van der Waals surface area (Å²) in [6, 6.07) is 0. The topological polar surface area (TPSA) is 145 Å². The Bertz CT molecular complexity index is 706. The number of hydrogen-bond acceptors (Lipinski definition) is 8. The first-order valence-electron chi connectivity index (χ1n) is 8.49. The second-order valence-corrected chi connectivity index (χ2v) is 12.7. The monoisotopic (exact) mass is 442 g/mol. The molecule has 0 aliphatic rings. The molecule has 2 N–H and O–H groups in total. The molecule has 0 aliphatic heterocycles. The van der Waals surface area contributed by atoms with E-state index in [9.17, 15) is 26.4 Å². The molecule has 0 unspecified atom stereocenters. The lowest BCUT2D eigenvalue weighted by Crippen LogP contribution is -2.40. The van der Waals surface area contributed by atoms with Crippen molar-refractivity contribution < 1.29 is 35.9 Å². The maximum Gasteiger partial charge on any atom is 0.331 e. The fourth-order valence-corrected chi connectivity index (χ4v) is 2.89. The van der Waals surface area contributed by atoms with Gasteiger partial charge in [0, 0.05) is 25.2 Å². The van der Waals surface area contributed by atoms with Gasteiger partial charge in [-0.25, -0.2) is 35.9 Å². The molecule has 0 amide bonds. The Morgan fingerprint density at radius 2 is 1.00 bits per heavy atom. The minimum atomic E-state index is -3.54. The van der Waals surface area contributed by atoms with Gasteiger partial charge in [0.05, 0.1) is 9.49 Å². The van der Waals surface area contributed by atoms with Crippen LogP contribution in [0.3, 0.4) is 0 Å². The molecule has 0 bridgehead atoms. The van der Waals surface area contributed by atoms with Gasteiger partial charge in [0.25, 0.3) is 0 Å². The van der Waals surface area contributed by atoms with Crippen LogP contribution in [0.2, 0.25) is 0 Å². The second-order valence-electron chi connectivity index (χ2n) is 7.69. The molecule has 0 saturated heterocycles. The fraction of sp³-hybridized carbons (Fsp3) is 0.750. The van der Waals surface area contributed by atoms with E-state index in [0.717, 1.165) is 12.2 Å². The molecule has 0 rings (SSSR count). The summed E-state index contributed by atoms with van der Waals surface area (Å²) in [5.41, 5.74) is 0. The third-order valence-electron chi connectivity index (χ3n) is 3.24. The lowest BCUT2D eigenvalue weighted by Gasteiger charge is -2.19. The van der Waals surface area contributed by atoms with Crippen LogP contribution in [-0.4, -0.2) is 64.6 Å². The third-order valence-corrected chi connectivity index (χ3v) is 7.64. The van der Waals surface area contributed by atoms with E-state index in [2.05, 4.69) is 9.44 Å². The normalized spacial score (nSPS) is 13.5. The Labute approximate surface area is 167 Å². The molecule has 12 heteroatoms. The number of carbonyl (C=O) groups is 2. The van der Waals surface area contributed by atoms with E-state index < -0.39 is 41.5 Å². The summed E-state index contributed by atoms with van der Waals surface area (Å²) in [4.78, 5) is 22.9. The SMILES string of the molecule is CC(C)(C)S(=O)(=O)NCCOC(=O)/C=C/C(=O)OCCNS(=O)(=O)C(C)(C)C. The van der Waals surface area contributed by atoms with Gasteiger partial charge in [0.2, 0.25) is 20.0 Å². The van der Waals surface area contributed by atoms with Gasteiger partial charge in [0.1, 0.15) is 13.2 Å². The van der Waals surface area contributed by atoms with Gasteiger partial charge in [-0.05, 0) is 41.5 Å². The first-order valence-corrected chi connectivity index (χ1v) is 11.5. The zero-order chi connectivity index (χ0) is 22.2. The minimum Gasteiger partial charge on any atom is -0.461 e. The molecule has 0 heterocycles. The first kappa shape index (κ1) is 26.5. The predicted octanol–water partition coefficient (Wildman–Crippen LogP) is 0.0648. The van der Waals surface area contributed by atoms with Crippen LogP contribution in [0.25, 0.3) is 0 Å². The van der Waals surface area contributed by atoms with Crippen molar-refractivity contribution in [3.63, 3.8) is 0 Å². The summed E-state index contributed by atoms with van der Waals surface area (Å²) in [6.07, 6.45) is 1.67. The van der Waals surface area contributed by atoms with E-state index in [1.807, 2.05) is 0 Å². The molecule has 10 nitrogen and oxygen atoms in total. The molecule has 0 saturated carbocycles. The molecule has 0 fully saturated rings. The summed E-state index contributed by atoms with van der Waals surface area (Å²) >= 11 is 0. The highest BCUT2D eigenvalue weighted by molar-refractivity contribution is 7.91. The number of carbonyl (C=O) groups excluding carboxylic acids is 2. The lowest BCUT2D eigenvalue weighted by molar-refractivity contribution is -0.140. The van der Waals surface area contributed by atoms with Crippen LogP contribution >= 0.6 is 0 Å². The van der Waals surface area contributed by atoms with Gasteiger partial charge in [-0.3, -0.25) is 0 Å². The number of nitrogens with one attached hydrogen (secondary N) is 2. The Morgan fingerprint density at radius 1 is 0.714 bits per heavy atom. The van der Waals surface area contributed by atoms with Crippen LogP contribution in [0, 0.1) is 0 Å². The Kier molecular flexibility index (Phi) is 9.77. The van der Waals surface area contributed by atoms with Gasteiger partial charge < -0.3 is 9.47 Å². The molecular formula is C16H30N2O8S2. The van der Waals surface area contributed by atoms with Gasteiger partial charge >= 0.3 is 11.9 Å². The van der Waals surface area contributed by atoms with Crippen LogP contribution in [0.15, 0.2) is 12.2 Å². The number of rotatable bonds is 10. The van der Waals surface area contributed by atoms with E-state index in [4.69, 9.17) is 9.47 Å². The molecule has 0 aromatic heterocycles. The third kappa shape index (κ3) is 9.62. The minimum absolute atomic E-state index is 0.0997. The highest BCUT2D eigenvalue weighted by Gasteiger charge is 2.29. The number of ether oxygens (including phenoxy) is 2. The standard InChI is InChI=1S/C16H30N2O8S2/c1-15(2,3)27(21,22)17-9-11-25-13(19)7-8-14(20)26-12-10-18-28(23,24)16(4,5)6/h7-8,17-18H,9-12H2,1-6H3/b8-7+. The molecule has 0 aromatic carbocycles. The summed E-state index contributed by atoms with van der Waals surface area (Å²) in [5.74, 6) is -1.69. The van der Waals surface area contributed by atoms with E-state index in [1.165, 1.54) is 41.5 Å². The molecule has 0 aliphatic carbocycles. The highest BCUT2D eigenvalue weighted by atomic mass is 32.2. The molecule has 164 valence electrons. The summed E-state index contributed by atoms with van der Waals surface area (Å²) in [7, 11) is -7.07. The quantitative estimate of drug-likeness (QED) is 0.275. The average molecular weight is 443 g/mol. The zero-order valence-corrected chi connectivity index (χ0v) is 18.7. The van der Waals surface area contributed by atoms with Crippen molar-refractivity contribution in [3.05, 3.63) is 12.2 Å². The number of hydrogen-bond donors (Lipinski definition) is 2. The Hall–Kier alpha value is -1.50. The van der Waals surface area contributed by atoms with Crippen molar-refractivity contribution in [1.82, 2.24) is 9.44 Å². The largest absolute Gasteiger partial charge is 0.461 e. The van der Waals surface area contributed by atoms with Crippen LogP contribution in [0.4, 0.5) is 0 Å². The fourth-order valence-electron chi connectivity index (χ4n) is 1.32. The highest BCUT2D eigenvalue weighted by Crippen LogP contribution is 2.13. The van der Waals surface area contributed by atoms with E-state index in [0.29, 0.717) is 0 Å². The van der Waals surface area contributed by atoms with Crippen LogP contribution in [0.1, 0.15) is 41.5 Å². The summed E-state index contributed by atoms with van der Waals surface area (Å²) in [6.45, 7) is 8.58. The summed E-state index contributed by atoms with van der Waals surface area (Å²) in [5, 5.41) is 0. The van der Waals surface area contributed by atoms with Gasteiger partial charge in [-0.15, -0.1) is 0 Å². The molecule has 28 heavy (non-hydrogen) atoms. The molecule has 0 radical (unpaired) electrons. The van der Waals surface area contributed by atoms with Crippen molar-refractivity contribution in [2.45, 2.75) is 51.0 Å². The van der Waals surface area contributed by atoms with Gasteiger partial charge in [0.15, 0.2) is 0 Å². The van der Waals surface area contributed by atoms with Gasteiger partial charge in [-0.2, -0.15) is 0 Å². The smallest absolute Gasteiger partial charge is 0.331 e. The molecular weight excluding hydrogens is 412 g/mol. The summed E-state index contributed by atoms with van der Waals surface area (Å²) < 4.78 is 59.3. The van der Waals surface area contributed by atoms with Crippen molar-refractivity contribution in [2.24, 2.45) is 0 Å². The lowest BCUT2D eigenvalue weighted by atomic mass is 10.3. The number of sulfonamides is 2. The van der Waals surface area contributed by atoms with Crippen LogP contribution in [0.5, 0.6) is 0 Å². The predicted molar refractivity (Wildman–Crippen MR) is 104 cm³/mol. The van der Waals surface area contributed by atoms with Gasteiger partial charge in [-0.1, -0.05) is 0 Å². The van der Waals surface area contributed by atoms with E-state index in [-0.39, 0.29) is 26.3 Å². The van der Waals surface area contributed by atoms with Crippen molar-refractivity contribution in [2.75, 3.05) is 26.3 Å². The molecule has 0 atom stereocenters. The molecule has 0 aromatic rings. The number of esters is 2. The average Bonchev–Trinajstić information content (AvgIpc) is 2.51. The van der Waals surface area contributed by atoms with Crippen molar-refractivity contribution in [1.29, 1.82) is 0 Å². The first-order chi connectivity index (χ1) is 12.5. The zero-order valence-electron chi connectivity index (χ0n) is 17.1. The Morgan fingerprint density at radius 3 is 1.25 bits per heavy atom. The van der Waals surface area contributed by atoms with Crippen molar-refractivity contribution in [3.8, 4) is 0 Å². The van der Waals surface area contributed by atoms with E-state index in [1.54, 1.807) is 0 Å². The van der Waals surface area contributed by atoms with E-state index >= 15 is 0 Å². The Balaban J connectivity index is 4.14. The van der Waals surface area contributed by atoms with Crippen LogP contribution in [-0.2, 0) is 39.1 Å².